The molecule has 0 atom stereocenters. The van der Waals surface area contributed by atoms with Gasteiger partial charge >= 0.3 is 0 Å². The number of para-hydroxylation sites is 1. The van der Waals surface area contributed by atoms with Crippen LogP contribution in [0.5, 0.6) is 11.5 Å². The van der Waals surface area contributed by atoms with Crippen molar-refractivity contribution in [3.63, 3.8) is 0 Å². The molecule has 30 heavy (non-hydrogen) atoms. The van der Waals surface area contributed by atoms with E-state index >= 15 is 0 Å². The minimum absolute atomic E-state index is 0.112. The lowest BCUT2D eigenvalue weighted by Gasteiger charge is -2.04. The van der Waals surface area contributed by atoms with Crippen LogP contribution < -0.4 is 10.1 Å². The zero-order chi connectivity index (χ0) is 21.1. The summed E-state index contributed by atoms with van der Waals surface area (Å²) in [5.41, 5.74) is 1.70. The largest absolute Gasteiger partial charge is 0.457 e. The Morgan fingerprint density at radius 1 is 1.00 bits per heavy atom. The number of carbonyl (C=O) groups excluding carboxylic acids is 1. The van der Waals surface area contributed by atoms with Crippen LogP contribution in [0.15, 0.2) is 72.8 Å². The van der Waals surface area contributed by atoms with E-state index in [-0.39, 0.29) is 11.7 Å². The quantitative estimate of drug-likeness (QED) is 0.463. The zero-order valence-corrected chi connectivity index (χ0v) is 17.7. The van der Waals surface area contributed by atoms with E-state index in [0.29, 0.717) is 22.0 Å². The molecule has 0 unspecified atom stereocenters. The first kappa shape index (κ1) is 20.1. The van der Waals surface area contributed by atoms with Crippen molar-refractivity contribution in [1.29, 1.82) is 0 Å². The van der Waals surface area contributed by atoms with Gasteiger partial charge in [0.05, 0.1) is 16.0 Å². The third kappa shape index (κ3) is 5.03. The van der Waals surface area contributed by atoms with Gasteiger partial charge in [0.2, 0.25) is 0 Å². The van der Waals surface area contributed by atoms with Gasteiger partial charge in [0.15, 0.2) is 15.0 Å². The first-order valence-corrected chi connectivity index (χ1v) is 11.9. The third-order valence-corrected chi connectivity index (χ3v) is 5.97. The van der Waals surface area contributed by atoms with Gasteiger partial charge in [-0.1, -0.05) is 41.7 Å². The summed E-state index contributed by atoms with van der Waals surface area (Å²) >= 11 is 1.34. The molecule has 0 bridgehead atoms. The van der Waals surface area contributed by atoms with E-state index in [4.69, 9.17) is 4.74 Å². The summed E-state index contributed by atoms with van der Waals surface area (Å²) in [7, 11) is -3.18. The number of carbonyl (C=O) groups is 1. The molecule has 0 aliphatic rings. The number of sulfone groups is 1. The maximum Gasteiger partial charge on any atom is 0.257 e. The van der Waals surface area contributed by atoms with Gasteiger partial charge in [0.25, 0.3) is 5.91 Å². The number of hydrogen-bond donors (Lipinski definition) is 1. The predicted octanol–water partition coefficient (Wildman–Crippen LogP) is 4.89. The molecule has 1 heterocycles. The standard InChI is InChI=1S/C22H18N2O4S2/c1-30(26,27)14-15-6-5-7-16(12-15)21(25)24-22-23-19-11-10-18(13-20(19)29-22)28-17-8-3-2-4-9-17/h2-13H,14H2,1H3,(H,23,24,25). The van der Waals surface area contributed by atoms with Gasteiger partial charge in [-0.25, -0.2) is 13.4 Å². The summed E-state index contributed by atoms with van der Waals surface area (Å²) in [5.74, 6) is 0.970. The minimum atomic E-state index is -3.18. The summed E-state index contributed by atoms with van der Waals surface area (Å²) in [6.07, 6.45) is 1.16. The van der Waals surface area contributed by atoms with E-state index in [2.05, 4.69) is 10.3 Å². The molecule has 1 amide bonds. The number of amides is 1. The number of fused-ring (bicyclic) bond motifs is 1. The molecule has 0 fully saturated rings. The van der Waals surface area contributed by atoms with E-state index in [1.807, 2.05) is 48.5 Å². The smallest absolute Gasteiger partial charge is 0.257 e. The maximum absolute atomic E-state index is 12.6. The average Bonchev–Trinajstić information content (AvgIpc) is 3.09. The molecular weight excluding hydrogens is 420 g/mol. The van der Waals surface area contributed by atoms with Crippen LogP contribution in [0, 0.1) is 0 Å². The molecule has 4 aromatic rings. The number of thiazole rings is 1. The van der Waals surface area contributed by atoms with Crippen LogP contribution in [-0.2, 0) is 15.6 Å². The fraction of sp³-hybridized carbons (Fsp3) is 0.0909. The maximum atomic E-state index is 12.6. The van der Waals surface area contributed by atoms with Crippen LogP contribution in [0.3, 0.4) is 0 Å². The lowest BCUT2D eigenvalue weighted by atomic mass is 10.1. The first-order chi connectivity index (χ1) is 14.4. The number of rotatable bonds is 6. The molecule has 4 rings (SSSR count). The summed E-state index contributed by atoms with van der Waals surface area (Å²) in [6, 6.07) is 21.6. The Hall–Kier alpha value is -3.23. The molecular formula is C22H18N2O4S2. The number of nitrogens with zero attached hydrogens (tertiary/aromatic N) is 1. The third-order valence-electron chi connectivity index (χ3n) is 4.18. The van der Waals surface area contributed by atoms with Crippen molar-refractivity contribution in [2.75, 3.05) is 11.6 Å². The SMILES string of the molecule is CS(=O)(=O)Cc1cccc(C(=O)Nc2nc3ccc(Oc4ccccc4)cc3s2)c1. The predicted molar refractivity (Wildman–Crippen MR) is 119 cm³/mol. The molecule has 0 saturated carbocycles. The lowest BCUT2D eigenvalue weighted by molar-refractivity contribution is 0.102. The Labute approximate surface area is 178 Å². The molecule has 6 nitrogen and oxygen atoms in total. The van der Waals surface area contributed by atoms with E-state index in [1.54, 1.807) is 24.3 Å². The summed E-state index contributed by atoms with van der Waals surface area (Å²) in [4.78, 5) is 17.0. The number of nitrogens with one attached hydrogen (secondary N) is 1. The van der Waals surface area contributed by atoms with Gasteiger partial charge in [-0.05, 0) is 42.0 Å². The first-order valence-electron chi connectivity index (χ1n) is 9.07. The lowest BCUT2D eigenvalue weighted by Crippen LogP contribution is -2.12. The molecule has 0 saturated heterocycles. The second-order valence-electron chi connectivity index (χ2n) is 6.79. The highest BCUT2D eigenvalue weighted by Crippen LogP contribution is 2.31. The van der Waals surface area contributed by atoms with Gasteiger partial charge in [-0.15, -0.1) is 0 Å². The summed E-state index contributed by atoms with van der Waals surface area (Å²) < 4.78 is 29.7. The van der Waals surface area contributed by atoms with Gasteiger partial charge in [0, 0.05) is 17.9 Å². The summed E-state index contributed by atoms with van der Waals surface area (Å²) in [6.45, 7) is 0. The molecule has 0 aliphatic carbocycles. The Morgan fingerprint density at radius 3 is 2.57 bits per heavy atom. The number of benzene rings is 3. The monoisotopic (exact) mass is 438 g/mol. The van der Waals surface area contributed by atoms with Crippen molar-refractivity contribution >= 4 is 42.4 Å². The van der Waals surface area contributed by atoms with Crippen LogP contribution in [0.2, 0.25) is 0 Å². The molecule has 1 aromatic heterocycles. The highest BCUT2D eigenvalue weighted by atomic mass is 32.2. The Morgan fingerprint density at radius 2 is 1.80 bits per heavy atom. The van der Waals surface area contributed by atoms with Gasteiger partial charge in [0.1, 0.15) is 11.5 Å². The normalized spacial score (nSPS) is 11.4. The Bertz CT molecular complexity index is 1320. The van der Waals surface area contributed by atoms with Crippen molar-refractivity contribution in [3.8, 4) is 11.5 Å². The number of anilines is 1. The van der Waals surface area contributed by atoms with E-state index in [0.717, 1.165) is 22.2 Å². The summed E-state index contributed by atoms with van der Waals surface area (Å²) in [5, 5.41) is 3.24. The minimum Gasteiger partial charge on any atom is -0.457 e. The molecule has 0 spiro atoms. The van der Waals surface area contributed by atoms with Gasteiger partial charge in [-0.2, -0.15) is 0 Å². The molecule has 0 aliphatic heterocycles. The highest BCUT2D eigenvalue weighted by molar-refractivity contribution is 7.89. The molecule has 8 heteroatoms. The second-order valence-corrected chi connectivity index (χ2v) is 9.96. The second kappa shape index (κ2) is 8.25. The fourth-order valence-corrected chi connectivity index (χ4v) is 4.60. The van der Waals surface area contributed by atoms with Crippen LogP contribution in [0.4, 0.5) is 5.13 Å². The van der Waals surface area contributed by atoms with E-state index in [9.17, 15) is 13.2 Å². The number of hydrogen-bond acceptors (Lipinski definition) is 6. The van der Waals surface area contributed by atoms with E-state index < -0.39 is 9.84 Å². The van der Waals surface area contributed by atoms with Crippen molar-refractivity contribution < 1.29 is 17.9 Å². The van der Waals surface area contributed by atoms with Crippen LogP contribution in [0.1, 0.15) is 15.9 Å². The number of aromatic nitrogens is 1. The van der Waals surface area contributed by atoms with E-state index in [1.165, 1.54) is 11.3 Å². The average molecular weight is 439 g/mol. The molecule has 3 aromatic carbocycles. The zero-order valence-electron chi connectivity index (χ0n) is 16.0. The van der Waals surface area contributed by atoms with Gasteiger partial charge < -0.3 is 4.74 Å². The molecule has 0 radical (unpaired) electrons. The van der Waals surface area contributed by atoms with Crippen molar-refractivity contribution in [2.45, 2.75) is 5.75 Å². The fourth-order valence-electron chi connectivity index (χ4n) is 2.92. The van der Waals surface area contributed by atoms with Crippen LogP contribution >= 0.6 is 11.3 Å². The Balaban J connectivity index is 1.51. The van der Waals surface area contributed by atoms with Crippen molar-refractivity contribution in [3.05, 3.63) is 83.9 Å². The number of ether oxygens (including phenoxy) is 1. The Kier molecular flexibility index (Phi) is 5.52. The van der Waals surface area contributed by atoms with Gasteiger partial charge in [-0.3, -0.25) is 10.1 Å². The van der Waals surface area contributed by atoms with Crippen molar-refractivity contribution in [2.24, 2.45) is 0 Å². The van der Waals surface area contributed by atoms with Crippen molar-refractivity contribution in [1.82, 2.24) is 4.98 Å². The topological polar surface area (TPSA) is 85.4 Å². The highest BCUT2D eigenvalue weighted by Gasteiger charge is 2.13. The van der Waals surface area contributed by atoms with Crippen LogP contribution in [0.25, 0.3) is 10.2 Å². The van der Waals surface area contributed by atoms with Crippen LogP contribution in [-0.4, -0.2) is 25.6 Å². The molecule has 152 valence electrons. The molecule has 1 N–H and O–H groups in total.